The number of aromatic nitrogens is 2. The zero-order chi connectivity index (χ0) is 18.3. The summed E-state index contributed by atoms with van der Waals surface area (Å²) in [7, 11) is 0. The second-order valence-electron chi connectivity index (χ2n) is 6.47. The van der Waals surface area contributed by atoms with E-state index in [1.54, 1.807) is 18.2 Å². The van der Waals surface area contributed by atoms with Crippen molar-refractivity contribution in [2.45, 2.75) is 25.6 Å². The Labute approximate surface area is 154 Å². The van der Waals surface area contributed by atoms with Crippen LogP contribution in [0.2, 0.25) is 5.02 Å². The number of carbonyl (C=O) groups excluding carboxylic acids is 1. The molecule has 0 fully saturated rings. The van der Waals surface area contributed by atoms with Crippen LogP contribution in [-0.4, -0.2) is 26.8 Å². The summed E-state index contributed by atoms with van der Waals surface area (Å²) in [6.45, 7) is 0.890. The fourth-order valence-electron chi connectivity index (χ4n) is 3.45. The molecule has 1 amide bonds. The summed E-state index contributed by atoms with van der Waals surface area (Å²) in [4.78, 5) is 33.5. The number of H-pyrrole nitrogens is 1. The number of amides is 1. The van der Waals surface area contributed by atoms with Crippen molar-refractivity contribution < 1.29 is 4.79 Å². The first-order chi connectivity index (χ1) is 12.5. The summed E-state index contributed by atoms with van der Waals surface area (Å²) in [5, 5.41) is 0.997. The van der Waals surface area contributed by atoms with Gasteiger partial charge in [0, 0.05) is 11.6 Å². The maximum atomic E-state index is 12.3. The molecule has 1 atom stereocenters. The number of primary amides is 1. The van der Waals surface area contributed by atoms with E-state index in [-0.39, 0.29) is 11.5 Å². The molecular weight excluding hydrogens is 352 g/mol. The normalized spacial score (nSPS) is 17.2. The first-order valence-corrected chi connectivity index (χ1v) is 8.67. The molecule has 0 saturated heterocycles. The van der Waals surface area contributed by atoms with E-state index in [9.17, 15) is 9.59 Å². The monoisotopic (exact) mass is 368 g/mol. The lowest BCUT2D eigenvalue weighted by Crippen LogP contribution is -2.48. The lowest BCUT2D eigenvalue weighted by molar-refractivity contribution is -0.124. The van der Waals surface area contributed by atoms with E-state index in [1.807, 2.05) is 29.2 Å². The number of nitrogens with zero attached hydrogens (tertiary/aromatic N) is 2. The second-order valence-corrected chi connectivity index (χ2v) is 6.91. The maximum Gasteiger partial charge on any atom is 0.258 e. The molecular formula is C19H17ClN4O2. The van der Waals surface area contributed by atoms with E-state index in [1.165, 1.54) is 0 Å². The number of nitrogens with two attached hydrogens (primary N) is 1. The summed E-state index contributed by atoms with van der Waals surface area (Å²) < 4.78 is 0. The summed E-state index contributed by atoms with van der Waals surface area (Å²) in [5.41, 5.74) is 8.20. The van der Waals surface area contributed by atoms with Crippen molar-refractivity contribution in [3.63, 3.8) is 0 Å². The number of fused-ring (bicyclic) bond motifs is 2. The molecule has 3 N–H and O–H groups in total. The Bertz CT molecular complexity index is 1060. The molecule has 6 nitrogen and oxygen atoms in total. The molecule has 0 unspecified atom stereocenters. The average Bonchev–Trinajstić information content (AvgIpc) is 2.60. The Hall–Kier alpha value is -2.70. The first kappa shape index (κ1) is 16.8. The molecule has 0 spiro atoms. The van der Waals surface area contributed by atoms with Gasteiger partial charge in [-0.25, -0.2) is 4.98 Å². The molecule has 132 valence electrons. The van der Waals surface area contributed by atoms with Gasteiger partial charge in [-0.2, -0.15) is 0 Å². The highest BCUT2D eigenvalue weighted by atomic mass is 35.5. The van der Waals surface area contributed by atoms with E-state index >= 15 is 0 Å². The zero-order valence-corrected chi connectivity index (χ0v) is 14.7. The van der Waals surface area contributed by atoms with E-state index in [4.69, 9.17) is 17.3 Å². The highest BCUT2D eigenvalue weighted by Gasteiger charge is 2.30. The van der Waals surface area contributed by atoms with E-state index in [0.717, 1.165) is 11.1 Å². The molecule has 4 rings (SSSR count). The third-order valence-corrected chi connectivity index (χ3v) is 4.98. The fraction of sp³-hybridized carbons (Fsp3) is 0.211. The van der Waals surface area contributed by atoms with E-state index in [0.29, 0.717) is 41.3 Å². The Morgan fingerprint density at radius 3 is 2.81 bits per heavy atom. The van der Waals surface area contributed by atoms with Crippen LogP contribution in [0.25, 0.3) is 10.9 Å². The van der Waals surface area contributed by atoms with Gasteiger partial charge in [0.2, 0.25) is 5.91 Å². The quantitative estimate of drug-likeness (QED) is 0.739. The average molecular weight is 369 g/mol. The van der Waals surface area contributed by atoms with Crippen molar-refractivity contribution in [1.82, 2.24) is 14.9 Å². The first-order valence-electron chi connectivity index (χ1n) is 8.30. The number of carbonyl (C=O) groups is 1. The van der Waals surface area contributed by atoms with Crippen LogP contribution in [0.1, 0.15) is 17.0 Å². The summed E-state index contributed by atoms with van der Waals surface area (Å²) in [5.74, 6) is 0.0982. The number of halogens is 1. The van der Waals surface area contributed by atoms with Crippen molar-refractivity contribution >= 4 is 28.4 Å². The number of rotatable bonds is 3. The van der Waals surface area contributed by atoms with Gasteiger partial charge in [0.05, 0.1) is 23.5 Å². The molecule has 0 aliphatic carbocycles. The van der Waals surface area contributed by atoms with Crippen LogP contribution in [0.3, 0.4) is 0 Å². The van der Waals surface area contributed by atoms with E-state index < -0.39 is 6.04 Å². The van der Waals surface area contributed by atoms with Crippen molar-refractivity contribution in [3.8, 4) is 0 Å². The van der Waals surface area contributed by atoms with Crippen molar-refractivity contribution in [2.24, 2.45) is 5.73 Å². The van der Waals surface area contributed by atoms with Crippen LogP contribution >= 0.6 is 11.6 Å². The summed E-state index contributed by atoms with van der Waals surface area (Å²) in [6, 6.07) is 12.5. The highest BCUT2D eigenvalue weighted by molar-refractivity contribution is 6.31. The van der Waals surface area contributed by atoms with Gasteiger partial charge in [-0.1, -0.05) is 35.9 Å². The Kier molecular flexibility index (Phi) is 4.22. The molecule has 7 heteroatoms. The van der Waals surface area contributed by atoms with Crippen molar-refractivity contribution in [2.75, 3.05) is 0 Å². The second kappa shape index (κ2) is 6.55. The topological polar surface area (TPSA) is 92.1 Å². The van der Waals surface area contributed by atoms with Gasteiger partial charge in [-0.15, -0.1) is 0 Å². The zero-order valence-electron chi connectivity index (χ0n) is 13.9. The minimum atomic E-state index is -0.440. The highest BCUT2D eigenvalue weighted by Crippen LogP contribution is 2.24. The van der Waals surface area contributed by atoms with Crippen LogP contribution < -0.4 is 11.3 Å². The number of hydrogen-bond donors (Lipinski definition) is 2. The number of aromatic amines is 1. The van der Waals surface area contributed by atoms with Crippen LogP contribution in [0.15, 0.2) is 47.3 Å². The Morgan fingerprint density at radius 2 is 2.04 bits per heavy atom. The SMILES string of the molecule is NC(=O)[C@H]1Cc2ccccc2CN1Cc1nc2cc(Cl)ccc2c(=O)[nH]1. The number of nitrogens with one attached hydrogen (secondary N) is 1. The van der Waals surface area contributed by atoms with Gasteiger partial charge in [-0.3, -0.25) is 14.5 Å². The molecule has 1 aliphatic rings. The smallest absolute Gasteiger partial charge is 0.258 e. The molecule has 2 heterocycles. The van der Waals surface area contributed by atoms with Crippen molar-refractivity contribution in [1.29, 1.82) is 0 Å². The molecule has 0 saturated carbocycles. The van der Waals surface area contributed by atoms with Crippen LogP contribution in [0.5, 0.6) is 0 Å². The number of hydrogen-bond acceptors (Lipinski definition) is 4. The van der Waals surface area contributed by atoms with Crippen molar-refractivity contribution in [3.05, 3.63) is 74.8 Å². The van der Waals surface area contributed by atoms with Gasteiger partial charge in [-0.05, 0) is 35.7 Å². The summed E-state index contributed by atoms with van der Waals surface area (Å²) >= 11 is 6.01. The van der Waals surface area contributed by atoms with E-state index in [2.05, 4.69) is 9.97 Å². The number of benzene rings is 2. The molecule has 26 heavy (non-hydrogen) atoms. The molecule has 2 aromatic carbocycles. The third kappa shape index (κ3) is 3.09. The van der Waals surface area contributed by atoms with Gasteiger partial charge >= 0.3 is 0 Å². The largest absolute Gasteiger partial charge is 0.368 e. The lowest BCUT2D eigenvalue weighted by Gasteiger charge is -2.34. The fourth-order valence-corrected chi connectivity index (χ4v) is 3.62. The minimum absolute atomic E-state index is 0.227. The Morgan fingerprint density at radius 1 is 1.27 bits per heavy atom. The third-order valence-electron chi connectivity index (χ3n) is 4.74. The predicted octanol–water partition coefficient (Wildman–Crippen LogP) is 1.99. The molecule has 1 aliphatic heterocycles. The molecule has 1 aromatic heterocycles. The van der Waals surface area contributed by atoms with Gasteiger partial charge in [0.15, 0.2) is 0 Å². The molecule has 3 aromatic rings. The minimum Gasteiger partial charge on any atom is -0.368 e. The van der Waals surface area contributed by atoms with Gasteiger partial charge < -0.3 is 10.7 Å². The van der Waals surface area contributed by atoms with Crippen LogP contribution in [0, 0.1) is 0 Å². The summed E-state index contributed by atoms with van der Waals surface area (Å²) in [6.07, 6.45) is 0.551. The van der Waals surface area contributed by atoms with Gasteiger partial charge in [0.25, 0.3) is 5.56 Å². The van der Waals surface area contributed by atoms with Crippen LogP contribution in [0.4, 0.5) is 0 Å². The Balaban J connectivity index is 1.70. The van der Waals surface area contributed by atoms with Crippen LogP contribution in [-0.2, 0) is 24.3 Å². The predicted molar refractivity (Wildman–Crippen MR) is 99.7 cm³/mol. The maximum absolute atomic E-state index is 12.3. The molecule has 0 bridgehead atoms. The lowest BCUT2D eigenvalue weighted by atomic mass is 9.93. The standard InChI is InChI=1S/C19H17ClN4O2/c20-13-5-6-14-15(8-13)22-17(23-19(14)26)10-24-9-12-4-2-1-3-11(12)7-16(24)18(21)25/h1-6,8,16H,7,9-10H2,(H2,21,25)(H,22,23,26)/t16-/m1/s1. The molecule has 0 radical (unpaired) electrons. The van der Waals surface area contributed by atoms with Gasteiger partial charge in [0.1, 0.15) is 5.82 Å².